The third-order valence-corrected chi connectivity index (χ3v) is 4.00. The predicted octanol–water partition coefficient (Wildman–Crippen LogP) is 3.96. The number of benzene rings is 1. The Hall–Kier alpha value is -0.380. The molecular formula is C16H24BrNO. The molecule has 1 fully saturated rings. The van der Waals surface area contributed by atoms with E-state index in [1.54, 1.807) is 0 Å². The quantitative estimate of drug-likeness (QED) is 0.694. The van der Waals surface area contributed by atoms with Gasteiger partial charge in [0.05, 0.1) is 6.61 Å². The van der Waals surface area contributed by atoms with E-state index < -0.39 is 0 Å². The van der Waals surface area contributed by atoms with E-state index in [1.807, 2.05) is 0 Å². The van der Waals surface area contributed by atoms with Gasteiger partial charge < -0.3 is 10.1 Å². The van der Waals surface area contributed by atoms with Crippen LogP contribution in [-0.4, -0.2) is 26.3 Å². The first-order valence-corrected chi connectivity index (χ1v) is 8.12. The fraction of sp³-hybridized carbons (Fsp3) is 0.625. The van der Waals surface area contributed by atoms with Crippen molar-refractivity contribution >= 4 is 15.9 Å². The third-order valence-electron chi connectivity index (χ3n) is 3.51. The maximum atomic E-state index is 5.89. The second-order valence-electron chi connectivity index (χ2n) is 5.44. The SMILES string of the molecule is CCCNCC(COCC1CC1)c1cccc(Br)c1. The van der Waals surface area contributed by atoms with E-state index in [2.05, 4.69) is 52.4 Å². The van der Waals surface area contributed by atoms with E-state index in [1.165, 1.54) is 24.8 Å². The molecule has 0 aromatic heterocycles. The van der Waals surface area contributed by atoms with Gasteiger partial charge in [0.1, 0.15) is 0 Å². The number of halogens is 1. The lowest BCUT2D eigenvalue weighted by Crippen LogP contribution is -2.25. The Morgan fingerprint density at radius 1 is 1.42 bits per heavy atom. The van der Waals surface area contributed by atoms with Gasteiger partial charge in [-0.05, 0) is 49.4 Å². The van der Waals surface area contributed by atoms with Crippen LogP contribution in [0.3, 0.4) is 0 Å². The minimum Gasteiger partial charge on any atom is -0.380 e. The van der Waals surface area contributed by atoms with Crippen LogP contribution in [0.1, 0.15) is 37.7 Å². The van der Waals surface area contributed by atoms with Gasteiger partial charge in [-0.2, -0.15) is 0 Å². The number of nitrogens with one attached hydrogen (secondary N) is 1. The molecule has 0 heterocycles. The highest BCUT2D eigenvalue weighted by molar-refractivity contribution is 9.10. The second kappa shape index (κ2) is 8.03. The van der Waals surface area contributed by atoms with Gasteiger partial charge in [0.15, 0.2) is 0 Å². The van der Waals surface area contributed by atoms with Gasteiger partial charge in [-0.15, -0.1) is 0 Å². The molecule has 0 bridgehead atoms. The van der Waals surface area contributed by atoms with Gasteiger partial charge in [-0.25, -0.2) is 0 Å². The molecule has 0 amide bonds. The molecule has 1 unspecified atom stereocenters. The Labute approximate surface area is 125 Å². The molecule has 0 spiro atoms. The molecule has 1 aliphatic carbocycles. The van der Waals surface area contributed by atoms with E-state index in [9.17, 15) is 0 Å². The molecule has 1 atom stereocenters. The fourth-order valence-corrected chi connectivity index (χ4v) is 2.57. The van der Waals surface area contributed by atoms with E-state index in [4.69, 9.17) is 4.74 Å². The van der Waals surface area contributed by atoms with Crippen LogP contribution < -0.4 is 5.32 Å². The summed E-state index contributed by atoms with van der Waals surface area (Å²) in [6, 6.07) is 8.58. The lowest BCUT2D eigenvalue weighted by atomic mass is 10.00. The maximum Gasteiger partial charge on any atom is 0.0547 e. The molecule has 0 aliphatic heterocycles. The van der Waals surface area contributed by atoms with Crippen LogP contribution in [0.25, 0.3) is 0 Å². The zero-order valence-electron chi connectivity index (χ0n) is 11.7. The first kappa shape index (κ1) is 15.0. The van der Waals surface area contributed by atoms with Crippen LogP contribution in [0, 0.1) is 5.92 Å². The molecule has 1 aromatic carbocycles. The zero-order valence-corrected chi connectivity index (χ0v) is 13.3. The lowest BCUT2D eigenvalue weighted by Gasteiger charge is -2.18. The molecule has 106 valence electrons. The van der Waals surface area contributed by atoms with Crippen LogP contribution in [0.2, 0.25) is 0 Å². The Morgan fingerprint density at radius 2 is 2.26 bits per heavy atom. The Bertz CT molecular complexity index is 379. The molecule has 19 heavy (non-hydrogen) atoms. The van der Waals surface area contributed by atoms with Crippen molar-refractivity contribution in [1.29, 1.82) is 0 Å². The molecule has 1 aromatic rings. The van der Waals surface area contributed by atoms with Crippen LogP contribution in [-0.2, 0) is 4.74 Å². The largest absolute Gasteiger partial charge is 0.380 e. The topological polar surface area (TPSA) is 21.3 Å². The molecule has 0 saturated heterocycles. The van der Waals surface area contributed by atoms with Crippen LogP contribution in [0.4, 0.5) is 0 Å². The number of rotatable bonds is 9. The van der Waals surface area contributed by atoms with E-state index in [0.717, 1.165) is 36.7 Å². The smallest absolute Gasteiger partial charge is 0.0547 e. The van der Waals surface area contributed by atoms with Crippen molar-refractivity contribution in [3.05, 3.63) is 34.3 Å². The first-order valence-electron chi connectivity index (χ1n) is 7.33. The average molecular weight is 326 g/mol. The lowest BCUT2D eigenvalue weighted by molar-refractivity contribution is 0.110. The molecule has 0 radical (unpaired) electrons. The normalized spacial score (nSPS) is 16.5. The third kappa shape index (κ3) is 5.64. The van der Waals surface area contributed by atoms with Gasteiger partial charge in [-0.1, -0.05) is 35.0 Å². The van der Waals surface area contributed by atoms with Gasteiger partial charge in [0.2, 0.25) is 0 Å². The van der Waals surface area contributed by atoms with E-state index in [-0.39, 0.29) is 0 Å². The van der Waals surface area contributed by atoms with Crippen LogP contribution >= 0.6 is 15.9 Å². The van der Waals surface area contributed by atoms with Crippen LogP contribution in [0.5, 0.6) is 0 Å². The Balaban J connectivity index is 1.87. The average Bonchev–Trinajstić information content (AvgIpc) is 3.21. The fourth-order valence-electron chi connectivity index (χ4n) is 2.15. The molecule has 2 rings (SSSR count). The predicted molar refractivity (Wildman–Crippen MR) is 83.6 cm³/mol. The summed E-state index contributed by atoms with van der Waals surface area (Å²) >= 11 is 3.55. The minimum absolute atomic E-state index is 0.447. The Kier molecular flexibility index (Phi) is 6.35. The summed E-state index contributed by atoms with van der Waals surface area (Å²) in [7, 11) is 0. The van der Waals surface area contributed by atoms with Crippen molar-refractivity contribution in [2.75, 3.05) is 26.3 Å². The maximum absolute atomic E-state index is 5.89. The monoisotopic (exact) mass is 325 g/mol. The van der Waals surface area contributed by atoms with Crippen LogP contribution in [0.15, 0.2) is 28.7 Å². The Morgan fingerprint density at radius 3 is 2.95 bits per heavy atom. The van der Waals surface area contributed by atoms with Gasteiger partial charge in [0.25, 0.3) is 0 Å². The highest BCUT2D eigenvalue weighted by Crippen LogP contribution is 2.29. The minimum atomic E-state index is 0.447. The van der Waals surface area contributed by atoms with Crippen molar-refractivity contribution < 1.29 is 4.74 Å². The molecular weight excluding hydrogens is 302 g/mol. The summed E-state index contributed by atoms with van der Waals surface area (Å²) in [6.45, 7) is 6.04. The summed E-state index contributed by atoms with van der Waals surface area (Å²) in [5.41, 5.74) is 1.36. The highest BCUT2D eigenvalue weighted by Gasteiger charge is 2.22. The zero-order chi connectivity index (χ0) is 13.5. The standard InChI is InChI=1S/C16H24BrNO/c1-2-8-18-10-15(12-19-11-13-6-7-13)14-4-3-5-16(17)9-14/h3-5,9,13,15,18H,2,6-8,10-12H2,1H3. The molecule has 3 heteroatoms. The van der Waals surface area contributed by atoms with E-state index >= 15 is 0 Å². The van der Waals surface area contributed by atoms with Crippen molar-refractivity contribution in [3.8, 4) is 0 Å². The number of hydrogen-bond acceptors (Lipinski definition) is 2. The van der Waals surface area contributed by atoms with E-state index in [0.29, 0.717) is 5.92 Å². The van der Waals surface area contributed by atoms with Crippen molar-refractivity contribution in [2.24, 2.45) is 5.92 Å². The first-order chi connectivity index (χ1) is 9.29. The second-order valence-corrected chi connectivity index (χ2v) is 6.35. The highest BCUT2D eigenvalue weighted by atomic mass is 79.9. The summed E-state index contributed by atoms with van der Waals surface area (Å²) in [5.74, 6) is 1.29. The molecule has 2 nitrogen and oxygen atoms in total. The van der Waals surface area contributed by atoms with Gasteiger partial charge in [0, 0.05) is 23.5 Å². The summed E-state index contributed by atoms with van der Waals surface area (Å²) in [6.07, 6.45) is 3.89. The van der Waals surface area contributed by atoms with Crippen molar-refractivity contribution in [1.82, 2.24) is 5.32 Å². The number of ether oxygens (including phenoxy) is 1. The summed E-state index contributed by atoms with van der Waals surface area (Å²) < 4.78 is 7.04. The summed E-state index contributed by atoms with van der Waals surface area (Å²) in [5, 5.41) is 3.51. The number of hydrogen-bond donors (Lipinski definition) is 1. The van der Waals surface area contributed by atoms with Crippen molar-refractivity contribution in [3.63, 3.8) is 0 Å². The molecule has 1 aliphatic rings. The van der Waals surface area contributed by atoms with Gasteiger partial charge in [-0.3, -0.25) is 0 Å². The summed E-state index contributed by atoms with van der Waals surface area (Å²) in [4.78, 5) is 0. The van der Waals surface area contributed by atoms with Crippen molar-refractivity contribution in [2.45, 2.75) is 32.1 Å². The van der Waals surface area contributed by atoms with Gasteiger partial charge >= 0.3 is 0 Å². The molecule has 1 N–H and O–H groups in total. The molecule has 1 saturated carbocycles.